The van der Waals surface area contributed by atoms with Crippen LogP contribution in [0.5, 0.6) is 0 Å². The van der Waals surface area contributed by atoms with Crippen LogP contribution in [0.3, 0.4) is 0 Å². The zero-order valence-corrected chi connectivity index (χ0v) is 17.3. The number of carbonyl (C=O) groups is 1. The number of ketones is 1. The molecule has 29 heavy (non-hydrogen) atoms. The Balaban J connectivity index is 1.69. The van der Waals surface area contributed by atoms with Crippen LogP contribution in [0.15, 0.2) is 53.7 Å². The van der Waals surface area contributed by atoms with Gasteiger partial charge in [-0.1, -0.05) is 59.1 Å². The lowest BCUT2D eigenvalue weighted by Crippen LogP contribution is -2.31. The number of hydrogen-bond donors (Lipinski definition) is 1. The van der Waals surface area contributed by atoms with E-state index >= 15 is 0 Å². The maximum Gasteiger partial charge on any atom is 0.226 e. The van der Waals surface area contributed by atoms with Gasteiger partial charge in [0.1, 0.15) is 6.04 Å². The molecule has 1 aliphatic carbocycles. The van der Waals surface area contributed by atoms with E-state index in [1.165, 1.54) is 5.56 Å². The molecule has 2 aliphatic rings. The van der Waals surface area contributed by atoms with Crippen LogP contribution in [-0.2, 0) is 4.79 Å². The summed E-state index contributed by atoms with van der Waals surface area (Å²) in [5.74, 6) is 1.34. The van der Waals surface area contributed by atoms with E-state index in [0.717, 1.165) is 29.7 Å². The van der Waals surface area contributed by atoms with E-state index < -0.39 is 6.04 Å². The van der Waals surface area contributed by atoms with Crippen LogP contribution in [0.4, 0.5) is 5.95 Å². The number of anilines is 1. The van der Waals surface area contributed by atoms with Crippen molar-refractivity contribution in [3.05, 3.63) is 74.9 Å². The highest BCUT2D eigenvalue weighted by molar-refractivity contribution is 6.35. The first-order chi connectivity index (χ1) is 14.0. The third-order valence-electron chi connectivity index (χ3n) is 5.43. The summed E-state index contributed by atoms with van der Waals surface area (Å²) in [7, 11) is 0. The van der Waals surface area contributed by atoms with Crippen molar-refractivity contribution in [1.29, 1.82) is 0 Å². The van der Waals surface area contributed by atoms with Gasteiger partial charge in [0.05, 0.1) is 0 Å². The van der Waals surface area contributed by atoms with Crippen LogP contribution >= 0.6 is 23.2 Å². The zero-order chi connectivity index (χ0) is 20.1. The number of rotatable bonds is 2. The Morgan fingerprint density at radius 3 is 2.66 bits per heavy atom. The first-order valence-electron chi connectivity index (χ1n) is 9.53. The molecule has 1 unspecified atom stereocenters. The number of halogens is 2. The highest BCUT2D eigenvalue weighted by Gasteiger charge is 2.37. The maximum absolute atomic E-state index is 12.9. The second-order valence-corrected chi connectivity index (χ2v) is 8.28. The average molecular weight is 425 g/mol. The molecule has 3 aromatic rings. The van der Waals surface area contributed by atoms with Gasteiger partial charge in [-0.05, 0) is 31.9 Å². The Kier molecular flexibility index (Phi) is 4.45. The van der Waals surface area contributed by atoms with Gasteiger partial charge in [0.15, 0.2) is 11.6 Å². The smallest absolute Gasteiger partial charge is 0.226 e. The lowest BCUT2D eigenvalue weighted by atomic mass is 9.85. The van der Waals surface area contributed by atoms with Crippen LogP contribution in [0.2, 0.25) is 10.0 Å². The Morgan fingerprint density at radius 2 is 1.90 bits per heavy atom. The van der Waals surface area contributed by atoms with Gasteiger partial charge in [-0.15, -0.1) is 5.10 Å². The van der Waals surface area contributed by atoms with Gasteiger partial charge in [0, 0.05) is 38.9 Å². The number of aryl methyl sites for hydroxylation is 1. The number of carbonyl (C=O) groups excluding carboxylic acids is 1. The fourth-order valence-electron chi connectivity index (χ4n) is 3.99. The van der Waals surface area contributed by atoms with E-state index in [1.54, 1.807) is 16.8 Å². The molecule has 146 valence electrons. The molecule has 7 heteroatoms. The maximum atomic E-state index is 12.9. The zero-order valence-electron chi connectivity index (χ0n) is 15.7. The fraction of sp³-hybridized carbons (Fsp3) is 0.227. The van der Waals surface area contributed by atoms with Crippen molar-refractivity contribution in [1.82, 2.24) is 14.8 Å². The highest BCUT2D eigenvalue weighted by Crippen LogP contribution is 2.42. The van der Waals surface area contributed by atoms with Crippen LogP contribution in [0.1, 0.15) is 36.4 Å². The lowest BCUT2D eigenvalue weighted by Gasteiger charge is -2.32. The van der Waals surface area contributed by atoms with E-state index in [4.69, 9.17) is 33.3 Å². The summed E-state index contributed by atoms with van der Waals surface area (Å²) in [6.45, 7) is 2.04. The van der Waals surface area contributed by atoms with Crippen molar-refractivity contribution in [2.75, 3.05) is 5.32 Å². The second kappa shape index (κ2) is 7.01. The molecule has 2 aromatic carbocycles. The molecule has 5 nitrogen and oxygen atoms in total. The predicted molar refractivity (Wildman–Crippen MR) is 114 cm³/mol. The van der Waals surface area contributed by atoms with E-state index in [-0.39, 0.29) is 5.78 Å². The Labute approximate surface area is 178 Å². The molecule has 2 heterocycles. The van der Waals surface area contributed by atoms with Crippen molar-refractivity contribution >= 4 is 34.9 Å². The molecule has 0 saturated heterocycles. The molecular formula is C22H18Cl2N4O. The van der Waals surface area contributed by atoms with Gasteiger partial charge in [0.2, 0.25) is 5.95 Å². The number of benzene rings is 2. The molecule has 1 N–H and O–H groups in total. The first kappa shape index (κ1) is 18.4. The molecule has 0 saturated carbocycles. The average Bonchev–Trinajstić information content (AvgIpc) is 3.11. The minimum atomic E-state index is -0.425. The van der Waals surface area contributed by atoms with Gasteiger partial charge in [0.25, 0.3) is 0 Å². The normalized spacial score (nSPS) is 18.3. The summed E-state index contributed by atoms with van der Waals surface area (Å²) in [5, 5.41) is 9.16. The van der Waals surface area contributed by atoms with Crippen LogP contribution in [-0.4, -0.2) is 20.5 Å². The third kappa shape index (κ3) is 3.15. The molecule has 5 rings (SSSR count). The summed E-state index contributed by atoms with van der Waals surface area (Å²) in [6.07, 6.45) is 2.15. The van der Waals surface area contributed by atoms with Crippen molar-refractivity contribution in [2.24, 2.45) is 0 Å². The number of fused-ring (bicyclic) bond motifs is 1. The molecule has 1 atom stereocenters. The molecule has 0 spiro atoms. The summed E-state index contributed by atoms with van der Waals surface area (Å²) in [5.41, 5.74) is 4.51. The molecule has 0 radical (unpaired) electrons. The Bertz CT molecular complexity index is 1160. The SMILES string of the molecule is Cc1ccc(-c2nc3n(n2)C(c2ccc(Cl)cc2Cl)C2=C(CCCC2=O)N3)cc1. The molecule has 0 amide bonds. The summed E-state index contributed by atoms with van der Waals surface area (Å²) < 4.78 is 1.77. The van der Waals surface area contributed by atoms with Gasteiger partial charge in [-0.25, -0.2) is 4.68 Å². The number of hydrogen-bond acceptors (Lipinski definition) is 4. The van der Waals surface area contributed by atoms with E-state index in [9.17, 15) is 4.79 Å². The van der Waals surface area contributed by atoms with E-state index in [1.807, 2.05) is 37.3 Å². The fourth-order valence-corrected chi connectivity index (χ4v) is 4.50. The van der Waals surface area contributed by atoms with Crippen LogP contribution < -0.4 is 5.32 Å². The number of Topliss-reactive ketones (excluding diaryl/α,β-unsaturated/α-hetero) is 1. The third-order valence-corrected chi connectivity index (χ3v) is 6.00. The Hall–Kier alpha value is -2.63. The molecular weight excluding hydrogens is 407 g/mol. The van der Waals surface area contributed by atoms with Gasteiger partial charge >= 0.3 is 0 Å². The number of aromatic nitrogens is 3. The first-order valence-corrected chi connectivity index (χ1v) is 10.3. The Morgan fingerprint density at radius 1 is 1.10 bits per heavy atom. The molecule has 1 aromatic heterocycles. The molecule has 0 bridgehead atoms. The summed E-state index contributed by atoms with van der Waals surface area (Å²) in [4.78, 5) is 17.6. The topological polar surface area (TPSA) is 59.8 Å². The van der Waals surface area contributed by atoms with Crippen molar-refractivity contribution in [3.8, 4) is 11.4 Å². The summed E-state index contributed by atoms with van der Waals surface area (Å²) in [6, 6.07) is 13.0. The molecule has 1 aliphatic heterocycles. The monoisotopic (exact) mass is 424 g/mol. The minimum Gasteiger partial charge on any atom is -0.328 e. The number of allylic oxidation sites excluding steroid dienone is 2. The van der Waals surface area contributed by atoms with Crippen molar-refractivity contribution in [2.45, 2.75) is 32.2 Å². The standard InChI is InChI=1S/C22H18Cl2N4O/c1-12-5-7-13(8-6-12)21-26-22-25-17-3-2-4-18(29)19(17)20(28(22)27-21)15-10-9-14(23)11-16(15)24/h5-11,20H,2-4H2,1H3,(H,25,26,27). The quantitative estimate of drug-likeness (QED) is 0.582. The van der Waals surface area contributed by atoms with Crippen molar-refractivity contribution in [3.63, 3.8) is 0 Å². The van der Waals surface area contributed by atoms with E-state index in [0.29, 0.717) is 33.8 Å². The van der Waals surface area contributed by atoms with E-state index in [2.05, 4.69) is 5.32 Å². The second-order valence-electron chi connectivity index (χ2n) is 7.43. The molecule has 0 fully saturated rings. The highest BCUT2D eigenvalue weighted by atomic mass is 35.5. The number of nitrogens with one attached hydrogen (secondary N) is 1. The van der Waals surface area contributed by atoms with Crippen LogP contribution in [0.25, 0.3) is 11.4 Å². The summed E-state index contributed by atoms with van der Waals surface area (Å²) >= 11 is 12.7. The van der Waals surface area contributed by atoms with Gasteiger partial charge in [-0.2, -0.15) is 4.98 Å². The minimum absolute atomic E-state index is 0.118. The van der Waals surface area contributed by atoms with Crippen molar-refractivity contribution < 1.29 is 4.79 Å². The van der Waals surface area contributed by atoms with Crippen LogP contribution in [0, 0.1) is 6.92 Å². The predicted octanol–water partition coefficient (Wildman–Crippen LogP) is 5.58. The van der Waals surface area contributed by atoms with Gasteiger partial charge < -0.3 is 5.32 Å². The lowest BCUT2D eigenvalue weighted by molar-refractivity contribution is -0.116. The van der Waals surface area contributed by atoms with Gasteiger partial charge in [-0.3, -0.25) is 4.79 Å². The number of nitrogens with zero attached hydrogens (tertiary/aromatic N) is 3. The largest absolute Gasteiger partial charge is 0.328 e.